The van der Waals surface area contributed by atoms with Gasteiger partial charge in [0.25, 0.3) is 0 Å². The van der Waals surface area contributed by atoms with Gasteiger partial charge in [-0.1, -0.05) is 49.4 Å². The zero-order valence-corrected chi connectivity index (χ0v) is 14.4. The predicted molar refractivity (Wildman–Crippen MR) is 98.2 cm³/mol. The van der Waals surface area contributed by atoms with Gasteiger partial charge in [0, 0.05) is 32.6 Å². The Labute approximate surface area is 143 Å². The summed E-state index contributed by atoms with van der Waals surface area (Å²) >= 11 is 0. The minimum atomic E-state index is -0.0242. The van der Waals surface area contributed by atoms with Gasteiger partial charge in [0.2, 0.25) is 5.91 Å². The van der Waals surface area contributed by atoms with E-state index in [4.69, 9.17) is 0 Å². The topological polar surface area (TPSA) is 35.9 Å². The van der Waals surface area contributed by atoms with Crippen molar-refractivity contribution in [3.63, 3.8) is 0 Å². The minimum absolute atomic E-state index is 0.0242. The lowest BCUT2D eigenvalue weighted by Gasteiger charge is -2.22. The molecule has 0 aliphatic carbocycles. The molecule has 0 aromatic heterocycles. The molecule has 2 aromatic rings. The monoisotopic (exact) mass is 321 g/mol. The molecule has 2 aromatic carbocycles. The smallest absolute Gasteiger partial charge is 0.242 e. The number of benzene rings is 2. The van der Waals surface area contributed by atoms with Crippen molar-refractivity contribution in [3.05, 3.63) is 65.7 Å². The molecule has 1 aliphatic heterocycles. The number of hydrogen-bond donors (Lipinski definition) is 0. The normalized spacial score (nSPS) is 16.9. The third-order valence-electron chi connectivity index (χ3n) is 4.37. The van der Waals surface area contributed by atoms with E-state index in [0.29, 0.717) is 6.42 Å². The maximum absolute atomic E-state index is 12.4. The van der Waals surface area contributed by atoms with Crippen molar-refractivity contribution in [2.45, 2.75) is 25.8 Å². The standard InChI is InChI=1S/C20H23N3O/c1-4-20(24)23-19(16-10-12-17(13-11-16)22(2)3)14-18(21-23)15-8-6-5-7-9-15/h5-13,19H,4,14H2,1-3H3/t19-/m0/s1. The van der Waals surface area contributed by atoms with Crippen molar-refractivity contribution >= 4 is 17.3 Å². The summed E-state index contributed by atoms with van der Waals surface area (Å²) in [5.41, 5.74) is 4.32. The number of carbonyl (C=O) groups excluding carboxylic acids is 1. The zero-order chi connectivity index (χ0) is 17.1. The maximum Gasteiger partial charge on any atom is 0.242 e. The van der Waals surface area contributed by atoms with Crippen LogP contribution >= 0.6 is 0 Å². The van der Waals surface area contributed by atoms with Crippen LogP contribution in [-0.2, 0) is 4.79 Å². The average Bonchev–Trinajstić information content (AvgIpc) is 3.07. The van der Waals surface area contributed by atoms with Gasteiger partial charge in [0.15, 0.2) is 0 Å². The first-order valence-corrected chi connectivity index (χ1v) is 8.32. The second-order valence-corrected chi connectivity index (χ2v) is 6.21. The van der Waals surface area contributed by atoms with E-state index in [2.05, 4.69) is 34.3 Å². The molecule has 1 amide bonds. The van der Waals surface area contributed by atoms with Crippen LogP contribution in [0.1, 0.15) is 36.9 Å². The van der Waals surface area contributed by atoms with Gasteiger partial charge in [-0.25, -0.2) is 5.01 Å². The van der Waals surface area contributed by atoms with Crippen molar-refractivity contribution in [2.24, 2.45) is 5.10 Å². The fourth-order valence-corrected chi connectivity index (χ4v) is 2.96. The van der Waals surface area contributed by atoms with E-state index < -0.39 is 0 Å². The Morgan fingerprint density at radius 3 is 2.38 bits per heavy atom. The number of carbonyl (C=O) groups is 1. The Morgan fingerprint density at radius 1 is 1.12 bits per heavy atom. The molecular formula is C20H23N3O. The van der Waals surface area contributed by atoms with Gasteiger partial charge in [0.1, 0.15) is 0 Å². The maximum atomic E-state index is 12.4. The third-order valence-corrected chi connectivity index (χ3v) is 4.37. The van der Waals surface area contributed by atoms with Crippen LogP contribution in [0, 0.1) is 0 Å². The van der Waals surface area contributed by atoms with Crippen LogP contribution in [0.2, 0.25) is 0 Å². The van der Waals surface area contributed by atoms with E-state index in [1.807, 2.05) is 51.4 Å². The van der Waals surface area contributed by atoms with Crippen LogP contribution < -0.4 is 4.90 Å². The summed E-state index contributed by atoms with van der Waals surface area (Å²) in [6, 6.07) is 18.4. The van der Waals surface area contributed by atoms with Crippen LogP contribution in [0.5, 0.6) is 0 Å². The van der Waals surface area contributed by atoms with Crippen molar-refractivity contribution in [3.8, 4) is 0 Å². The lowest BCUT2D eigenvalue weighted by atomic mass is 9.98. The van der Waals surface area contributed by atoms with Gasteiger partial charge in [-0.05, 0) is 23.3 Å². The molecule has 1 aliphatic rings. The van der Waals surface area contributed by atoms with E-state index in [1.54, 1.807) is 5.01 Å². The zero-order valence-electron chi connectivity index (χ0n) is 14.4. The van der Waals surface area contributed by atoms with Crippen molar-refractivity contribution in [2.75, 3.05) is 19.0 Å². The molecule has 124 valence electrons. The summed E-state index contributed by atoms with van der Waals surface area (Å²) in [6.45, 7) is 1.88. The molecule has 1 atom stereocenters. The Hall–Kier alpha value is -2.62. The van der Waals surface area contributed by atoms with Crippen LogP contribution in [0.4, 0.5) is 5.69 Å². The summed E-state index contributed by atoms with van der Waals surface area (Å²) in [5, 5.41) is 6.29. The molecule has 0 spiro atoms. The van der Waals surface area contributed by atoms with Crippen LogP contribution in [-0.4, -0.2) is 30.7 Å². The summed E-state index contributed by atoms with van der Waals surface area (Å²) in [7, 11) is 4.04. The average molecular weight is 321 g/mol. The highest BCUT2D eigenvalue weighted by molar-refractivity contribution is 6.03. The Balaban J connectivity index is 1.91. The van der Waals surface area contributed by atoms with Crippen LogP contribution in [0.3, 0.4) is 0 Å². The summed E-state index contributed by atoms with van der Waals surface area (Å²) in [5.74, 6) is 0.0580. The molecular weight excluding hydrogens is 298 g/mol. The van der Waals surface area contributed by atoms with Crippen LogP contribution in [0.25, 0.3) is 0 Å². The molecule has 24 heavy (non-hydrogen) atoms. The lowest BCUT2D eigenvalue weighted by molar-refractivity contribution is -0.132. The molecule has 0 N–H and O–H groups in total. The molecule has 0 saturated heterocycles. The van der Waals surface area contributed by atoms with Crippen LogP contribution in [0.15, 0.2) is 59.7 Å². The highest BCUT2D eigenvalue weighted by atomic mass is 16.2. The van der Waals surface area contributed by atoms with Gasteiger partial charge >= 0.3 is 0 Å². The number of hydrazone groups is 1. The van der Waals surface area contributed by atoms with Crippen molar-refractivity contribution < 1.29 is 4.79 Å². The molecule has 4 heteroatoms. The number of amides is 1. The Kier molecular flexibility index (Phi) is 4.65. The molecule has 1 heterocycles. The van der Waals surface area contributed by atoms with Gasteiger partial charge in [0.05, 0.1) is 11.8 Å². The quantitative estimate of drug-likeness (QED) is 0.858. The number of hydrogen-bond acceptors (Lipinski definition) is 3. The molecule has 3 rings (SSSR count). The largest absolute Gasteiger partial charge is 0.378 e. The number of rotatable bonds is 4. The van der Waals surface area contributed by atoms with Crippen molar-refractivity contribution in [1.29, 1.82) is 0 Å². The summed E-state index contributed by atoms with van der Waals surface area (Å²) in [6.07, 6.45) is 1.20. The van der Waals surface area contributed by atoms with E-state index in [0.717, 1.165) is 28.9 Å². The molecule has 0 saturated carbocycles. The molecule has 0 bridgehead atoms. The second-order valence-electron chi connectivity index (χ2n) is 6.21. The fraction of sp³-hybridized carbons (Fsp3) is 0.300. The van der Waals surface area contributed by atoms with Gasteiger partial charge < -0.3 is 4.90 Å². The van der Waals surface area contributed by atoms with E-state index in [-0.39, 0.29) is 11.9 Å². The number of nitrogens with zero attached hydrogens (tertiary/aromatic N) is 3. The first kappa shape index (κ1) is 16.2. The van der Waals surface area contributed by atoms with E-state index >= 15 is 0 Å². The second kappa shape index (κ2) is 6.87. The highest BCUT2D eigenvalue weighted by Crippen LogP contribution is 2.33. The van der Waals surface area contributed by atoms with E-state index in [1.165, 1.54) is 0 Å². The Morgan fingerprint density at radius 2 is 1.79 bits per heavy atom. The molecule has 0 unspecified atom stereocenters. The fourth-order valence-electron chi connectivity index (χ4n) is 2.96. The summed E-state index contributed by atoms with van der Waals surface area (Å²) in [4.78, 5) is 14.4. The Bertz CT molecular complexity index is 735. The molecule has 0 fully saturated rings. The first-order chi connectivity index (χ1) is 11.6. The first-order valence-electron chi connectivity index (χ1n) is 8.32. The molecule has 4 nitrogen and oxygen atoms in total. The third kappa shape index (κ3) is 3.18. The summed E-state index contributed by atoms with van der Waals surface area (Å²) < 4.78 is 0. The minimum Gasteiger partial charge on any atom is -0.378 e. The van der Waals surface area contributed by atoms with Gasteiger partial charge in [-0.2, -0.15) is 5.10 Å². The lowest BCUT2D eigenvalue weighted by Crippen LogP contribution is -2.26. The van der Waals surface area contributed by atoms with Gasteiger partial charge in [-0.15, -0.1) is 0 Å². The molecule has 0 radical (unpaired) electrons. The number of anilines is 1. The van der Waals surface area contributed by atoms with E-state index in [9.17, 15) is 4.79 Å². The SMILES string of the molecule is CCC(=O)N1N=C(c2ccccc2)C[C@H]1c1ccc(N(C)C)cc1. The van der Waals surface area contributed by atoms with Gasteiger partial charge in [-0.3, -0.25) is 4.79 Å². The van der Waals surface area contributed by atoms with Crippen molar-refractivity contribution in [1.82, 2.24) is 5.01 Å². The predicted octanol–water partition coefficient (Wildman–Crippen LogP) is 3.84. The highest BCUT2D eigenvalue weighted by Gasteiger charge is 2.32.